The second-order valence-corrected chi connectivity index (χ2v) is 9.02. The van der Waals surface area contributed by atoms with Crippen molar-refractivity contribution in [3.8, 4) is 0 Å². The first-order chi connectivity index (χ1) is 14.5. The van der Waals surface area contributed by atoms with Gasteiger partial charge in [-0.3, -0.25) is 9.59 Å². The molecule has 1 saturated heterocycles. The molecule has 2 atom stereocenters. The predicted molar refractivity (Wildman–Crippen MR) is 117 cm³/mol. The maximum Gasteiger partial charge on any atom is 0.250 e. The highest BCUT2D eigenvalue weighted by Crippen LogP contribution is 2.31. The van der Waals surface area contributed by atoms with Gasteiger partial charge >= 0.3 is 0 Å². The molecule has 2 fully saturated rings. The van der Waals surface area contributed by atoms with Crippen molar-refractivity contribution in [2.75, 3.05) is 6.54 Å². The first-order valence-electron chi connectivity index (χ1n) is 11.4. The number of amides is 2. The lowest BCUT2D eigenvalue weighted by molar-refractivity contribution is -0.134. The van der Waals surface area contributed by atoms with Crippen LogP contribution in [0.25, 0.3) is 0 Å². The van der Waals surface area contributed by atoms with Crippen molar-refractivity contribution in [1.82, 2.24) is 20.7 Å². The lowest BCUT2D eigenvalue weighted by atomic mass is 9.97. The Labute approximate surface area is 179 Å². The summed E-state index contributed by atoms with van der Waals surface area (Å²) >= 11 is 0. The SMILES string of the molecule is Cc1ccc(C2CC3C(=O)N(CCC(=O)NC4CCCCCC4)C=CN3N2)cc1C. The van der Waals surface area contributed by atoms with Crippen LogP contribution in [0, 0.1) is 13.8 Å². The minimum absolute atomic E-state index is 0.0584. The average Bonchev–Trinajstić information content (AvgIpc) is 3.01. The Kier molecular flexibility index (Phi) is 6.42. The van der Waals surface area contributed by atoms with Crippen molar-refractivity contribution in [3.63, 3.8) is 0 Å². The summed E-state index contributed by atoms with van der Waals surface area (Å²) in [6.07, 6.45) is 11.9. The zero-order valence-electron chi connectivity index (χ0n) is 18.2. The van der Waals surface area contributed by atoms with Crippen LogP contribution in [0.4, 0.5) is 0 Å². The summed E-state index contributed by atoms with van der Waals surface area (Å²) in [4.78, 5) is 27.1. The van der Waals surface area contributed by atoms with Crippen molar-refractivity contribution in [2.45, 2.75) is 83.3 Å². The molecule has 1 aromatic carbocycles. The second kappa shape index (κ2) is 9.21. The number of nitrogens with zero attached hydrogens (tertiary/aromatic N) is 2. The number of aryl methyl sites for hydroxylation is 2. The van der Waals surface area contributed by atoms with Crippen LogP contribution in [0.2, 0.25) is 0 Å². The van der Waals surface area contributed by atoms with Crippen LogP contribution in [-0.4, -0.2) is 40.4 Å². The van der Waals surface area contributed by atoms with Gasteiger partial charge in [-0.25, -0.2) is 5.43 Å². The topological polar surface area (TPSA) is 64.7 Å². The maximum atomic E-state index is 13.0. The van der Waals surface area contributed by atoms with Crippen molar-refractivity contribution in [2.24, 2.45) is 0 Å². The molecule has 3 aliphatic rings. The number of benzene rings is 1. The molecule has 30 heavy (non-hydrogen) atoms. The molecular weight excluding hydrogens is 376 g/mol. The van der Waals surface area contributed by atoms with Gasteiger partial charge < -0.3 is 15.2 Å². The number of nitrogens with one attached hydrogen (secondary N) is 2. The van der Waals surface area contributed by atoms with E-state index in [2.05, 4.69) is 42.8 Å². The van der Waals surface area contributed by atoms with E-state index in [-0.39, 0.29) is 23.9 Å². The molecule has 6 heteroatoms. The van der Waals surface area contributed by atoms with Crippen molar-refractivity contribution >= 4 is 11.8 Å². The van der Waals surface area contributed by atoms with E-state index in [0.717, 1.165) is 19.3 Å². The van der Waals surface area contributed by atoms with Gasteiger partial charge in [0.15, 0.2) is 0 Å². The molecule has 4 rings (SSSR count). The van der Waals surface area contributed by atoms with Gasteiger partial charge in [-0.05, 0) is 49.8 Å². The number of rotatable bonds is 5. The molecule has 1 aliphatic carbocycles. The van der Waals surface area contributed by atoms with Crippen LogP contribution in [0.5, 0.6) is 0 Å². The van der Waals surface area contributed by atoms with E-state index in [0.29, 0.717) is 19.0 Å². The van der Waals surface area contributed by atoms with Gasteiger partial charge in [-0.15, -0.1) is 0 Å². The number of carbonyl (C=O) groups excluding carboxylic acids is 2. The molecule has 2 amide bonds. The molecule has 1 saturated carbocycles. The fourth-order valence-electron chi connectivity index (χ4n) is 4.77. The predicted octanol–water partition coefficient (Wildman–Crippen LogP) is 3.47. The van der Waals surface area contributed by atoms with E-state index in [9.17, 15) is 9.59 Å². The fourth-order valence-corrected chi connectivity index (χ4v) is 4.77. The molecule has 2 heterocycles. The van der Waals surface area contributed by atoms with Gasteiger partial charge in [0.05, 0.1) is 6.04 Å². The van der Waals surface area contributed by atoms with Crippen molar-refractivity contribution in [3.05, 3.63) is 47.3 Å². The monoisotopic (exact) mass is 410 g/mol. The number of hydrazine groups is 1. The fraction of sp³-hybridized carbons (Fsp3) is 0.583. The maximum absolute atomic E-state index is 13.0. The molecule has 0 bridgehead atoms. The van der Waals surface area contributed by atoms with Crippen LogP contribution in [0.1, 0.15) is 74.1 Å². The molecule has 1 aromatic rings. The first-order valence-corrected chi connectivity index (χ1v) is 11.4. The molecule has 6 nitrogen and oxygen atoms in total. The van der Waals surface area contributed by atoms with Gasteiger partial charge in [-0.2, -0.15) is 0 Å². The standard InChI is InChI=1S/C24H34N4O2/c1-17-9-10-19(15-18(17)2)21-16-22-24(30)27(13-14-28(22)26-21)12-11-23(29)25-20-7-5-3-4-6-8-20/h9-10,13-15,20-22,26H,3-8,11-12,16H2,1-2H3,(H,25,29). The Morgan fingerprint density at radius 1 is 1.10 bits per heavy atom. The van der Waals surface area contributed by atoms with Gasteiger partial charge in [0, 0.05) is 31.4 Å². The van der Waals surface area contributed by atoms with Crippen LogP contribution < -0.4 is 10.7 Å². The number of fused-ring (bicyclic) bond motifs is 1. The van der Waals surface area contributed by atoms with E-state index < -0.39 is 0 Å². The van der Waals surface area contributed by atoms with Gasteiger partial charge in [0.25, 0.3) is 5.91 Å². The van der Waals surface area contributed by atoms with E-state index in [4.69, 9.17) is 0 Å². The van der Waals surface area contributed by atoms with E-state index >= 15 is 0 Å². The molecule has 2 aliphatic heterocycles. The molecule has 0 radical (unpaired) electrons. The summed E-state index contributed by atoms with van der Waals surface area (Å²) in [5.74, 6) is 0.127. The third-order valence-corrected chi connectivity index (χ3v) is 6.81. The number of carbonyl (C=O) groups is 2. The lowest BCUT2D eigenvalue weighted by Gasteiger charge is -2.31. The Bertz CT molecular complexity index is 813. The quantitative estimate of drug-likeness (QED) is 0.730. The minimum Gasteiger partial charge on any atom is -0.353 e. The zero-order chi connectivity index (χ0) is 21.1. The highest BCUT2D eigenvalue weighted by Gasteiger charge is 2.40. The van der Waals surface area contributed by atoms with E-state index in [1.54, 1.807) is 11.1 Å². The van der Waals surface area contributed by atoms with Crippen LogP contribution in [-0.2, 0) is 9.59 Å². The van der Waals surface area contributed by atoms with Crippen molar-refractivity contribution < 1.29 is 9.59 Å². The number of hydrogen-bond donors (Lipinski definition) is 2. The summed E-state index contributed by atoms with van der Waals surface area (Å²) in [5, 5.41) is 5.10. The van der Waals surface area contributed by atoms with E-state index in [1.807, 2.05) is 11.2 Å². The van der Waals surface area contributed by atoms with Crippen LogP contribution in [0.3, 0.4) is 0 Å². The first kappa shape index (κ1) is 20.9. The summed E-state index contributed by atoms with van der Waals surface area (Å²) < 4.78 is 0. The molecule has 0 spiro atoms. The highest BCUT2D eigenvalue weighted by atomic mass is 16.2. The van der Waals surface area contributed by atoms with Gasteiger partial charge in [-0.1, -0.05) is 43.9 Å². The smallest absolute Gasteiger partial charge is 0.250 e. The van der Waals surface area contributed by atoms with Gasteiger partial charge in [0.1, 0.15) is 6.04 Å². The summed E-state index contributed by atoms with van der Waals surface area (Å²) in [6.45, 7) is 4.67. The third-order valence-electron chi connectivity index (χ3n) is 6.81. The lowest BCUT2D eigenvalue weighted by Crippen LogP contribution is -2.48. The van der Waals surface area contributed by atoms with Crippen LogP contribution >= 0.6 is 0 Å². The molecule has 2 unspecified atom stereocenters. The van der Waals surface area contributed by atoms with Gasteiger partial charge in [0.2, 0.25) is 5.91 Å². The largest absolute Gasteiger partial charge is 0.353 e. The summed E-state index contributed by atoms with van der Waals surface area (Å²) in [6, 6.07) is 6.70. The highest BCUT2D eigenvalue weighted by molar-refractivity contribution is 5.85. The second-order valence-electron chi connectivity index (χ2n) is 9.02. The number of hydrogen-bond acceptors (Lipinski definition) is 4. The normalized spacial score (nSPS) is 24.7. The van der Waals surface area contributed by atoms with Crippen molar-refractivity contribution in [1.29, 1.82) is 0 Å². The Morgan fingerprint density at radius 3 is 2.60 bits per heavy atom. The molecule has 162 valence electrons. The molecule has 0 aromatic heterocycles. The average molecular weight is 411 g/mol. The zero-order valence-corrected chi connectivity index (χ0v) is 18.2. The Balaban J connectivity index is 1.30. The summed E-state index contributed by atoms with van der Waals surface area (Å²) in [5.41, 5.74) is 7.21. The molecular formula is C24H34N4O2. The Morgan fingerprint density at radius 2 is 1.87 bits per heavy atom. The van der Waals surface area contributed by atoms with Crippen LogP contribution in [0.15, 0.2) is 30.6 Å². The molecule has 2 N–H and O–H groups in total. The third kappa shape index (κ3) is 4.69. The summed E-state index contributed by atoms with van der Waals surface area (Å²) in [7, 11) is 0. The Hall–Kier alpha value is -2.34. The minimum atomic E-state index is -0.216. The van der Waals surface area contributed by atoms with E-state index in [1.165, 1.54) is 42.4 Å².